The predicted octanol–water partition coefficient (Wildman–Crippen LogP) is 7.77. The second-order valence-corrected chi connectivity index (χ2v) is 20.2. The fourth-order valence-electron chi connectivity index (χ4n) is 9.29. The van der Waals surface area contributed by atoms with Gasteiger partial charge >= 0.3 is 0 Å². The first-order chi connectivity index (χ1) is 31.3. The molecular formula is C47H53ClN10O6S. The molecule has 2 atom stereocenters. The predicted molar refractivity (Wildman–Crippen MR) is 253 cm³/mol. The van der Waals surface area contributed by atoms with Gasteiger partial charge in [-0.25, -0.2) is 23.1 Å². The van der Waals surface area contributed by atoms with Crippen LogP contribution in [0, 0.1) is 21.4 Å². The summed E-state index contributed by atoms with van der Waals surface area (Å²) in [6.07, 6.45) is 8.41. The van der Waals surface area contributed by atoms with E-state index in [2.05, 4.69) is 66.6 Å². The zero-order valence-electron chi connectivity index (χ0n) is 36.4. The summed E-state index contributed by atoms with van der Waals surface area (Å²) in [5.41, 5.74) is 6.85. The van der Waals surface area contributed by atoms with Crippen molar-refractivity contribution in [3.63, 3.8) is 0 Å². The summed E-state index contributed by atoms with van der Waals surface area (Å²) >= 11 is 6.21. The van der Waals surface area contributed by atoms with Gasteiger partial charge in [-0.3, -0.25) is 29.6 Å². The minimum absolute atomic E-state index is 0.0381. The Morgan fingerprint density at radius 2 is 1.89 bits per heavy atom. The van der Waals surface area contributed by atoms with Crippen molar-refractivity contribution >= 4 is 72.2 Å². The van der Waals surface area contributed by atoms with Gasteiger partial charge in [0, 0.05) is 79.9 Å². The van der Waals surface area contributed by atoms with Crippen LogP contribution in [0.25, 0.3) is 33.3 Å². The minimum Gasteiger partial charge on any atom is -0.384 e. The first kappa shape index (κ1) is 44.4. The number of hydrogen-bond donors (Lipinski definition) is 5. The van der Waals surface area contributed by atoms with Crippen molar-refractivity contribution < 1.29 is 22.9 Å². The number of aromatic nitrogens is 4. The van der Waals surface area contributed by atoms with Crippen LogP contribution in [0.3, 0.4) is 0 Å². The monoisotopic (exact) mass is 920 g/mol. The maximum atomic E-state index is 14.1. The number of carbonyl (C=O) groups is 1. The molecule has 0 saturated carbocycles. The Morgan fingerprint density at radius 1 is 1.05 bits per heavy atom. The highest BCUT2D eigenvalue weighted by Gasteiger charge is 2.32. The number of rotatable bonds is 16. The molecule has 3 aromatic heterocycles. The molecule has 3 aliphatic rings. The van der Waals surface area contributed by atoms with Crippen molar-refractivity contribution in [2.45, 2.75) is 56.9 Å². The number of benzene rings is 3. The Hall–Kier alpha value is -5.85. The molecule has 2 unspecified atom stereocenters. The van der Waals surface area contributed by atoms with E-state index in [0.717, 1.165) is 76.4 Å². The molecule has 2 aliphatic heterocycles. The summed E-state index contributed by atoms with van der Waals surface area (Å²) in [6.45, 7) is 10.4. The summed E-state index contributed by atoms with van der Waals surface area (Å²) in [5, 5.41) is 27.2. The van der Waals surface area contributed by atoms with Gasteiger partial charge < -0.3 is 20.7 Å². The van der Waals surface area contributed by atoms with Crippen molar-refractivity contribution in [2.24, 2.45) is 11.3 Å². The molecule has 5 N–H and O–H groups in total. The average Bonchev–Trinajstić information content (AvgIpc) is 4.13. The number of nitrogens with zero attached hydrogens (tertiary/aromatic N) is 5. The topological polar surface area (TPSA) is 201 Å². The number of carbonyl (C=O) groups excluding carboxylic acids is 1. The summed E-state index contributed by atoms with van der Waals surface area (Å²) in [4.78, 5) is 36.7. The Labute approximate surface area is 382 Å². The number of pyridine rings is 1. The number of H-pyrrole nitrogens is 1. The Balaban J connectivity index is 0.915. The van der Waals surface area contributed by atoms with E-state index >= 15 is 0 Å². The summed E-state index contributed by atoms with van der Waals surface area (Å²) in [7, 11) is -4.57. The zero-order chi connectivity index (χ0) is 45.3. The first-order valence-corrected chi connectivity index (χ1v) is 23.9. The van der Waals surface area contributed by atoms with Gasteiger partial charge in [-0.15, -0.1) is 0 Å². The summed E-state index contributed by atoms with van der Waals surface area (Å²) in [6, 6.07) is 20.9. The Morgan fingerprint density at radius 3 is 2.69 bits per heavy atom. The number of nitro benzene ring substituents is 1. The van der Waals surface area contributed by atoms with E-state index in [4.69, 9.17) is 16.3 Å². The van der Waals surface area contributed by atoms with Gasteiger partial charge in [0.05, 0.1) is 33.2 Å². The molecule has 18 heteroatoms. The van der Waals surface area contributed by atoms with Crippen molar-refractivity contribution in [3.05, 3.63) is 117 Å². The molecule has 9 rings (SSSR count). The molecule has 6 aromatic rings. The molecule has 2 saturated heterocycles. The highest BCUT2D eigenvalue weighted by molar-refractivity contribution is 7.90. The van der Waals surface area contributed by atoms with E-state index in [0.29, 0.717) is 58.8 Å². The molecule has 16 nitrogen and oxygen atoms in total. The molecular weight excluding hydrogens is 868 g/mol. The maximum absolute atomic E-state index is 14.1. The van der Waals surface area contributed by atoms with Gasteiger partial charge in [-0.05, 0) is 116 Å². The number of likely N-dealkylation sites (tertiary alicyclic amines) is 1. The average molecular weight is 922 g/mol. The number of anilines is 2. The third-order valence-electron chi connectivity index (χ3n) is 12.9. The van der Waals surface area contributed by atoms with Crippen molar-refractivity contribution in [2.75, 3.05) is 63.1 Å². The molecule has 0 bridgehead atoms. The van der Waals surface area contributed by atoms with E-state index in [1.54, 1.807) is 35.3 Å². The van der Waals surface area contributed by atoms with Gasteiger partial charge in [-0.1, -0.05) is 43.2 Å². The lowest BCUT2D eigenvalue weighted by molar-refractivity contribution is -0.384. The van der Waals surface area contributed by atoms with Gasteiger partial charge in [0.2, 0.25) is 0 Å². The third kappa shape index (κ3) is 9.89. The lowest BCUT2D eigenvalue weighted by Crippen LogP contribution is -2.34. The van der Waals surface area contributed by atoms with E-state index in [1.807, 2.05) is 24.3 Å². The molecule has 3 aromatic carbocycles. The normalized spacial score (nSPS) is 19.0. The number of aromatic amines is 1. The number of nitrogens with one attached hydrogen (secondary N) is 5. The number of amides is 1. The SMILES string of the molecule is CC1(C)CCC(CNCCNc2ccc(C(=O)NS(=O)(=O)c3ccc(NCC4CCN(C5CCOC5)C4)c([N+](=O)[O-])c3)c(-n3[nH]cc4nc5nccc5cc43)c2)=C(c2ccc(Cl)cc2)C1. The number of sulfonamides is 1. The highest BCUT2D eigenvalue weighted by atomic mass is 35.5. The number of ether oxygens (including phenoxy) is 1. The Bertz CT molecular complexity index is 2890. The van der Waals surface area contributed by atoms with Crippen LogP contribution in [0.4, 0.5) is 17.1 Å². The van der Waals surface area contributed by atoms with Crippen LogP contribution in [0.2, 0.25) is 5.02 Å². The van der Waals surface area contributed by atoms with Crippen LogP contribution >= 0.6 is 11.6 Å². The van der Waals surface area contributed by atoms with E-state index < -0.39 is 31.4 Å². The van der Waals surface area contributed by atoms with Crippen LogP contribution < -0.4 is 20.7 Å². The zero-order valence-corrected chi connectivity index (χ0v) is 38.0. The van der Waals surface area contributed by atoms with E-state index in [9.17, 15) is 23.3 Å². The lowest BCUT2D eigenvalue weighted by atomic mass is 9.72. The maximum Gasteiger partial charge on any atom is 0.293 e. The minimum atomic E-state index is -4.57. The van der Waals surface area contributed by atoms with Crippen LogP contribution in [0.1, 0.15) is 61.9 Å². The molecule has 340 valence electrons. The Kier molecular flexibility index (Phi) is 12.7. The second kappa shape index (κ2) is 18.6. The summed E-state index contributed by atoms with van der Waals surface area (Å²) in [5.74, 6) is -0.647. The van der Waals surface area contributed by atoms with E-state index in [-0.39, 0.29) is 22.6 Å². The quantitative estimate of drug-likeness (QED) is 0.0359. The van der Waals surface area contributed by atoms with Crippen LogP contribution in [-0.4, -0.2) is 102 Å². The highest BCUT2D eigenvalue weighted by Crippen LogP contribution is 2.43. The molecule has 1 amide bonds. The number of fused-ring (bicyclic) bond motifs is 2. The fraction of sp³-hybridized carbons (Fsp3) is 0.383. The van der Waals surface area contributed by atoms with Gasteiger partial charge in [-0.2, -0.15) is 0 Å². The van der Waals surface area contributed by atoms with Gasteiger partial charge in [0.25, 0.3) is 21.6 Å². The van der Waals surface area contributed by atoms with Crippen LogP contribution in [-0.2, 0) is 14.8 Å². The molecule has 65 heavy (non-hydrogen) atoms. The molecule has 0 radical (unpaired) electrons. The molecule has 1 aliphatic carbocycles. The molecule has 5 heterocycles. The molecule has 2 fully saturated rings. The standard InChI is InChI=1S/C47H53ClN10O6S/c1-47(2)15-11-33(39(24-47)31-3-5-34(48)6-4-31)26-49-17-18-50-35-7-9-38(42(22-35)57-43-21-32-12-16-51-45(32)54-41(43)27-53-57)46(59)55-65(62,63)37-8-10-40(44(23-37)58(60)61)52-25-30-13-19-56(28-30)36-14-20-64-29-36/h3-10,12,16,21-23,27,30,36,49-50,52-53H,11,13-15,17-20,24-26,28-29H2,1-2H3,(H,55,59). The smallest absolute Gasteiger partial charge is 0.293 e. The second-order valence-electron chi connectivity index (χ2n) is 18.0. The number of hydrogen-bond acceptors (Lipinski definition) is 12. The first-order valence-electron chi connectivity index (χ1n) is 22.1. The van der Waals surface area contributed by atoms with Crippen molar-refractivity contribution in [1.82, 2.24) is 34.7 Å². The van der Waals surface area contributed by atoms with Gasteiger partial charge in [0.1, 0.15) is 11.2 Å². The number of halogens is 1. The third-order valence-corrected chi connectivity index (χ3v) is 14.5. The largest absolute Gasteiger partial charge is 0.384 e. The molecule has 0 spiro atoms. The van der Waals surface area contributed by atoms with E-state index in [1.165, 1.54) is 28.8 Å². The number of allylic oxidation sites excluding steroid dienone is 1. The van der Waals surface area contributed by atoms with Crippen LogP contribution in [0.5, 0.6) is 0 Å². The summed E-state index contributed by atoms with van der Waals surface area (Å²) < 4.78 is 37.1. The van der Waals surface area contributed by atoms with Crippen LogP contribution in [0.15, 0.2) is 95.7 Å². The van der Waals surface area contributed by atoms with Crippen molar-refractivity contribution in [3.8, 4) is 5.69 Å². The lowest BCUT2D eigenvalue weighted by Gasteiger charge is -2.34. The van der Waals surface area contributed by atoms with Gasteiger partial charge in [0.15, 0.2) is 5.65 Å². The van der Waals surface area contributed by atoms with Crippen molar-refractivity contribution in [1.29, 1.82) is 0 Å². The number of nitro groups is 1. The fourth-order valence-corrected chi connectivity index (χ4v) is 10.4.